The Bertz CT molecular complexity index is 3290. The van der Waals surface area contributed by atoms with Crippen molar-refractivity contribution in [2.45, 2.75) is 426 Å². The van der Waals surface area contributed by atoms with Crippen LogP contribution in [0.5, 0.6) is 0 Å². The fraction of sp³-hybridized carbons (Fsp3) is 0.789. The molecular weight excluding hydrogens is 1760 g/mol. The molecule has 0 aromatic heterocycles. The topological polar surface area (TPSA) is 484 Å². The molecule has 0 unspecified atom stereocenters. The lowest BCUT2D eigenvalue weighted by atomic mass is 10.0. The molecule has 11 N–H and O–H groups in total. The van der Waals surface area contributed by atoms with Gasteiger partial charge in [-0.25, -0.2) is 43.2 Å². The number of amides is 4. The van der Waals surface area contributed by atoms with Crippen molar-refractivity contribution in [1.29, 1.82) is 0 Å². The Labute approximate surface area is 758 Å². The molecular formula is C90H154Br2N6O27. The number of aliphatic hydroxyl groups excluding tert-OH is 1. The van der Waals surface area contributed by atoms with Gasteiger partial charge < -0.3 is 100 Å². The highest BCUT2D eigenvalue weighted by molar-refractivity contribution is 9.09. The molecule has 1 aromatic rings. The number of hydrogen-bond donors (Lipinski definition) is 9. The number of nitrogens with one attached hydrogen (secondary N) is 4. The van der Waals surface area contributed by atoms with E-state index in [2.05, 4.69) is 67.0 Å². The van der Waals surface area contributed by atoms with Crippen LogP contribution in [0.15, 0.2) is 30.3 Å². The Morgan fingerprint density at radius 2 is 0.616 bits per heavy atom. The van der Waals surface area contributed by atoms with Gasteiger partial charge in [0.25, 0.3) is 0 Å². The number of ether oxygens (including phenoxy) is 11. The second-order valence-corrected chi connectivity index (χ2v) is 39.5. The van der Waals surface area contributed by atoms with E-state index >= 15 is 0 Å². The number of rotatable bonds is 31. The van der Waals surface area contributed by atoms with Crippen molar-refractivity contribution in [3.05, 3.63) is 35.9 Å². The van der Waals surface area contributed by atoms with Crippen molar-refractivity contribution in [2.24, 2.45) is 23.3 Å². The van der Waals surface area contributed by atoms with Crippen molar-refractivity contribution in [2.75, 3.05) is 17.3 Å². The van der Waals surface area contributed by atoms with Crippen LogP contribution in [-0.4, -0.2) is 205 Å². The molecule has 0 spiro atoms. The van der Waals surface area contributed by atoms with E-state index < -0.39 is 118 Å². The van der Waals surface area contributed by atoms with Crippen molar-refractivity contribution in [3.63, 3.8) is 0 Å². The first-order valence-electron chi connectivity index (χ1n) is 44.0. The molecule has 5 aliphatic carbocycles. The average molecular weight is 1910 g/mol. The number of esters is 7. The van der Waals surface area contributed by atoms with E-state index in [0.717, 1.165) is 133 Å². The summed E-state index contributed by atoms with van der Waals surface area (Å²) in [6.07, 6.45) is 18.9. The first-order valence-corrected chi connectivity index (χ1v) is 46.3. The minimum atomic E-state index is -1.06. The largest absolute Gasteiger partial charge is 0.481 e. The number of halogens is 2. The van der Waals surface area contributed by atoms with Crippen molar-refractivity contribution < 1.29 is 130 Å². The average Bonchev–Trinajstić information content (AvgIpc) is 1.58. The molecule has 1 aromatic carbocycles. The highest BCUT2D eigenvalue weighted by Crippen LogP contribution is 2.28. The van der Waals surface area contributed by atoms with Crippen LogP contribution in [-0.2, 0) is 95.3 Å². The predicted octanol–water partition coefficient (Wildman–Crippen LogP) is 16.0. The van der Waals surface area contributed by atoms with Gasteiger partial charge in [0.1, 0.15) is 100 Å². The maximum atomic E-state index is 12.1. The molecule has 4 amide bonds. The summed E-state index contributed by atoms with van der Waals surface area (Å²) < 4.78 is 57.5. The van der Waals surface area contributed by atoms with Crippen LogP contribution < -0.4 is 32.7 Å². The zero-order valence-corrected chi connectivity index (χ0v) is 81.5. The standard InChI is InChI=1S/C15H25NO6.C14H24BrNO4.C14H25NO6.C14H25NO5.C13H17NO2.C11H21NO2.C9H17BrO2/c1-15(2,3)22-14(20)16-11(8-9-12(17)18)13(19)21-10-6-4-5-7-10;1-14(2,3)20-13(18)16-11(8-9-15)12(17)19-10-6-4-5-7-10;1-13(2,3)20-11(18)9(7-8-10(16)17)15-12(19)21-14(4,5)6;1-14(2,3)20-13(18)15-11(8-9-16)12(17)19-10-6-4-5-7-10;14-12(10-6-2-1-3-7-10)13(15)16-11-8-4-5-9-11;1-8(2)7-10(12)11(13)14-9-5-3-4-6-9;1-7(5-6-10)8(11)12-9(2,3)4/h10-11H,4-9H2,1-3H3,(H,16,20)(H,17,18);10-11H,4-9H2,1-3H3,(H,16,18);9H,7-8H2,1-6H3,(H,15,19)(H,16,17);10-11,16H,4-9H2,1-3H3,(H,15,18);1-3,6-7,11-12H,4-5,8-9,14H2;8-10H,3-7,12H2,1-2H3;7H,5-6H2,1-4H3/t2*11-;9-;11-;12-;10-;7-/m0000000/s1. The predicted molar refractivity (Wildman–Crippen MR) is 478 cm³/mol. The summed E-state index contributed by atoms with van der Waals surface area (Å²) in [5.41, 5.74) is 8.65. The third-order valence-corrected chi connectivity index (χ3v) is 19.1. The highest BCUT2D eigenvalue weighted by atomic mass is 79.9. The SMILES string of the molecule is CC(C)(C)OC(=O)N[C@@H](CCBr)C(=O)OC1CCCC1.CC(C)(C)OC(=O)N[C@@H](CCC(=O)O)C(=O)OC(C)(C)C.CC(C)(C)OC(=O)N[C@@H](CCC(=O)O)C(=O)OC1CCCC1.CC(C)(C)OC(=O)N[C@@H](CCO)C(=O)OC1CCCC1.CC(C)C[C@H](N)C(=O)OC1CCCC1.C[C@@H](CCBr)C(=O)OC(C)(C)C.N[C@H](C(=O)OC1CCCC1)c1ccccc1. The molecule has 0 bridgehead atoms. The first kappa shape index (κ1) is 117. The van der Waals surface area contributed by atoms with E-state index in [4.69, 9.17) is 78.9 Å². The number of nitrogens with two attached hydrogens (primary N) is 2. The Morgan fingerprint density at radius 3 is 0.880 bits per heavy atom. The number of carboxylic acid groups (broad SMARTS) is 2. The van der Waals surface area contributed by atoms with Crippen LogP contribution in [0, 0.1) is 11.8 Å². The van der Waals surface area contributed by atoms with Gasteiger partial charge in [-0.15, -0.1) is 0 Å². The van der Waals surface area contributed by atoms with Gasteiger partial charge in [0, 0.05) is 36.5 Å². The number of aliphatic hydroxyl groups is 1. The van der Waals surface area contributed by atoms with Gasteiger partial charge in [-0.3, -0.25) is 19.2 Å². The third kappa shape index (κ3) is 62.3. The van der Waals surface area contributed by atoms with E-state index in [1.165, 1.54) is 12.8 Å². The number of alkyl carbamates (subject to hydrolysis) is 4. The second-order valence-electron chi connectivity index (χ2n) is 37.9. The van der Waals surface area contributed by atoms with E-state index in [1.54, 1.807) is 104 Å². The molecule has 0 aliphatic heterocycles. The van der Waals surface area contributed by atoms with Gasteiger partial charge in [-0.2, -0.15) is 0 Å². The van der Waals surface area contributed by atoms with Gasteiger partial charge in [0.2, 0.25) is 0 Å². The van der Waals surface area contributed by atoms with E-state index in [1.807, 2.05) is 58.0 Å². The molecule has 0 radical (unpaired) electrons. The van der Waals surface area contributed by atoms with Crippen molar-refractivity contribution in [1.82, 2.24) is 21.3 Å². The molecule has 6 rings (SSSR count). The lowest BCUT2D eigenvalue weighted by molar-refractivity contribution is -0.160. The van der Waals surface area contributed by atoms with Gasteiger partial charge in [0.15, 0.2) is 0 Å². The summed E-state index contributed by atoms with van der Waals surface area (Å²) in [7, 11) is 0. The lowest BCUT2D eigenvalue weighted by Crippen LogP contribution is -2.46. The molecule has 5 aliphatic rings. The van der Waals surface area contributed by atoms with E-state index in [0.29, 0.717) is 24.1 Å². The zero-order chi connectivity index (χ0) is 95.7. The summed E-state index contributed by atoms with van der Waals surface area (Å²) in [4.78, 5) is 151. The van der Waals surface area contributed by atoms with Crippen molar-refractivity contribution >= 4 is 110 Å². The monoisotopic (exact) mass is 1910 g/mol. The lowest BCUT2D eigenvalue weighted by Gasteiger charge is -2.26. The number of carboxylic acids is 2. The van der Waals surface area contributed by atoms with Gasteiger partial charge in [0.05, 0.1) is 5.92 Å². The molecule has 125 heavy (non-hydrogen) atoms. The van der Waals surface area contributed by atoms with Crippen molar-refractivity contribution in [3.8, 4) is 0 Å². The second kappa shape index (κ2) is 60.2. The molecule has 35 heteroatoms. The van der Waals surface area contributed by atoms with E-state index in [-0.39, 0.29) is 105 Å². The van der Waals surface area contributed by atoms with Gasteiger partial charge in [-0.05, 0) is 297 Å². The fourth-order valence-electron chi connectivity index (χ4n) is 12.3. The third-order valence-electron chi connectivity index (χ3n) is 18.1. The van der Waals surface area contributed by atoms with Crippen LogP contribution in [0.25, 0.3) is 0 Å². The van der Waals surface area contributed by atoms with Crippen LogP contribution in [0.3, 0.4) is 0 Å². The highest BCUT2D eigenvalue weighted by Gasteiger charge is 2.35. The number of aliphatic carboxylic acids is 2. The van der Waals surface area contributed by atoms with Crippen LogP contribution in [0.1, 0.15) is 337 Å². The maximum Gasteiger partial charge on any atom is 0.408 e. The summed E-state index contributed by atoms with van der Waals surface area (Å²) >= 11 is 6.57. The normalized spacial score (nSPS) is 16.8. The number of alkyl halides is 2. The van der Waals surface area contributed by atoms with Crippen LogP contribution in [0.4, 0.5) is 19.2 Å². The minimum absolute atomic E-state index is 0.000706. The van der Waals surface area contributed by atoms with Crippen LogP contribution >= 0.6 is 31.9 Å². The number of carbonyl (C=O) groups excluding carboxylic acids is 11. The minimum Gasteiger partial charge on any atom is -0.481 e. The molecule has 0 heterocycles. The molecule has 33 nitrogen and oxygen atoms in total. The Balaban J connectivity index is 0.00000145. The summed E-state index contributed by atoms with van der Waals surface area (Å²) in [5.74, 6) is -4.46. The fourth-order valence-corrected chi connectivity index (χ4v) is 13.4. The van der Waals surface area contributed by atoms with E-state index in [9.17, 15) is 62.3 Å². The van der Waals surface area contributed by atoms with Gasteiger partial charge in [-0.1, -0.05) is 83.0 Å². The number of carbonyl (C=O) groups is 13. The van der Waals surface area contributed by atoms with Gasteiger partial charge >= 0.3 is 78.1 Å². The molecule has 720 valence electrons. The first-order chi connectivity index (χ1) is 57.8. The zero-order valence-electron chi connectivity index (χ0n) is 78.4. The number of benzene rings is 1. The maximum absolute atomic E-state index is 12.1. The molecule has 5 saturated carbocycles. The molecule has 7 atom stereocenters. The Hall–Kier alpha value is -7.63. The quantitative estimate of drug-likeness (QED) is 0.0189. The summed E-state index contributed by atoms with van der Waals surface area (Å²) in [5, 5.41) is 37.7. The smallest absolute Gasteiger partial charge is 0.408 e. The summed E-state index contributed by atoms with van der Waals surface area (Å²) in [6, 6.07) is 4.66. The number of hydrogen-bond acceptors (Lipinski definition) is 27. The summed E-state index contributed by atoms with van der Waals surface area (Å²) in [6.45, 7) is 37.2. The molecule has 0 saturated heterocycles. The Morgan fingerprint density at radius 1 is 0.360 bits per heavy atom. The van der Waals surface area contributed by atoms with Crippen LogP contribution in [0.2, 0.25) is 0 Å². The molecule has 5 fully saturated rings. The Kier molecular flexibility index (Phi) is 56.5.